The number of nitrogens with zero attached hydrogens (tertiary/aromatic N) is 2. The molecule has 2 N–H and O–H groups in total. The lowest BCUT2D eigenvalue weighted by molar-refractivity contribution is 0.0748. The highest BCUT2D eigenvalue weighted by Crippen LogP contribution is 2.33. The fourth-order valence-electron chi connectivity index (χ4n) is 3.11. The molecule has 0 saturated carbocycles. The van der Waals surface area contributed by atoms with E-state index in [4.69, 9.17) is 4.74 Å². The summed E-state index contributed by atoms with van der Waals surface area (Å²) in [6, 6.07) is 10.4. The van der Waals surface area contributed by atoms with Crippen LogP contribution in [0.5, 0.6) is 0 Å². The SMILES string of the molecule is Cc1c(C(=O)NCCOC(C)C)sc2ncnc(NCCCc3ccccc3)c12. The number of anilines is 1. The Bertz CT molecular complexity index is 941. The number of fused-ring (bicyclic) bond motifs is 1. The van der Waals surface area contributed by atoms with Gasteiger partial charge < -0.3 is 15.4 Å². The monoisotopic (exact) mass is 412 g/mol. The summed E-state index contributed by atoms with van der Waals surface area (Å²) in [5.74, 6) is 0.701. The molecule has 1 aromatic carbocycles. The van der Waals surface area contributed by atoms with Crippen molar-refractivity contribution in [1.82, 2.24) is 15.3 Å². The molecule has 6 nitrogen and oxygen atoms in total. The number of aromatic nitrogens is 2. The van der Waals surface area contributed by atoms with Crippen LogP contribution >= 0.6 is 11.3 Å². The molecule has 3 aromatic rings. The summed E-state index contributed by atoms with van der Waals surface area (Å²) >= 11 is 1.40. The molecule has 2 aromatic heterocycles. The molecule has 0 saturated heterocycles. The van der Waals surface area contributed by atoms with Crippen LogP contribution in [0, 0.1) is 6.92 Å². The van der Waals surface area contributed by atoms with Gasteiger partial charge in [0.15, 0.2) is 0 Å². The predicted molar refractivity (Wildman–Crippen MR) is 119 cm³/mol. The van der Waals surface area contributed by atoms with Crippen LogP contribution in [0.25, 0.3) is 10.2 Å². The zero-order chi connectivity index (χ0) is 20.6. The fraction of sp³-hybridized carbons (Fsp3) is 0.409. The Labute approximate surface area is 175 Å². The Kier molecular flexibility index (Phi) is 7.55. The predicted octanol–water partition coefficient (Wildman–Crippen LogP) is 4.20. The molecule has 0 aliphatic heterocycles. The third kappa shape index (κ3) is 5.74. The number of nitrogens with one attached hydrogen (secondary N) is 2. The quantitative estimate of drug-likeness (QED) is 0.488. The van der Waals surface area contributed by atoms with E-state index in [0.717, 1.165) is 41.0 Å². The maximum Gasteiger partial charge on any atom is 0.261 e. The Hall–Kier alpha value is -2.51. The van der Waals surface area contributed by atoms with E-state index in [1.54, 1.807) is 6.33 Å². The van der Waals surface area contributed by atoms with Crippen molar-refractivity contribution >= 4 is 33.3 Å². The second-order valence-corrected chi connectivity index (χ2v) is 8.15. The molecule has 0 spiro atoms. The van der Waals surface area contributed by atoms with E-state index < -0.39 is 0 Å². The molecule has 154 valence electrons. The van der Waals surface area contributed by atoms with E-state index in [1.165, 1.54) is 16.9 Å². The number of ether oxygens (including phenoxy) is 1. The van der Waals surface area contributed by atoms with Gasteiger partial charge in [0.1, 0.15) is 17.0 Å². The number of hydrogen-bond acceptors (Lipinski definition) is 6. The van der Waals surface area contributed by atoms with Crippen LogP contribution in [-0.2, 0) is 11.2 Å². The topological polar surface area (TPSA) is 76.1 Å². The van der Waals surface area contributed by atoms with Crippen molar-refractivity contribution in [3.05, 3.63) is 52.7 Å². The van der Waals surface area contributed by atoms with Crippen LogP contribution in [0.3, 0.4) is 0 Å². The lowest BCUT2D eigenvalue weighted by atomic mass is 10.1. The molecule has 29 heavy (non-hydrogen) atoms. The van der Waals surface area contributed by atoms with E-state index in [1.807, 2.05) is 26.8 Å². The van der Waals surface area contributed by atoms with E-state index in [9.17, 15) is 4.79 Å². The highest BCUT2D eigenvalue weighted by atomic mass is 32.1. The highest BCUT2D eigenvalue weighted by Gasteiger charge is 2.19. The fourth-order valence-corrected chi connectivity index (χ4v) is 4.17. The first kappa shape index (κ1) is 21.2. The van der Waals surface area contributed by atoms with Gasteiger partial charge in [-0.2, -0.15) is 0 Å². The molecule has 0 atom stereocenters. The zero-order valence-corrected chi connectivity index (χ0v) is 18.0. The minimum Gasteiger partial charge on any atom is -0.377 e. The number of aryl methyl sites for hydroxylation is 2. The van der Waals surface area contributed by atoms with Crippen molar-refractivity contribution in [2.24, 2.45) is 0 Å². The van der Waals surface area contributed by atoms with E-state index in [0.29, 0.717) is 18.0 Å². The summed E-state index contributed by atoms with van der Waals surface area (Å²) in [5.41, 5.74) is 2.24. The Morgan fingerprint density at radius 1 is 1.17 bits per heavy atom. The standard InChI is InChI=1S/C22H28N4O2S/c1-15(2)28-13-12-24-21(27)19-16(3)18-20(25-14-26-22(18)29-19)23-11-7-10-17-8-5-4-6-9-17/h4-6,8-9,14-15H,7,10-13H2,1-3H3,(H,24,27)(H,23,25,26). The minimum atomic E-state index is -0.0899. The number of carbonyl (C=O) groups excluding carboxylic acids is 1. The maximum absolute atomic E-state index is 12.6. The molecule has 0 radical (unpaired) electrons. The van der Waals surface area contributed by atoms with Gasteiger partial charge in [-0.3, -0.25) is 4.79 Å². The van der Waals surface area contributed by atoms with Crippen molar-refractivity contribution in [2.75, 3.05) is 25.0 Å². The van der Waals surface area contributed by atoms with Crippen LogP contribution in [0.15, 0.2) is 36.7 Å². The first-order valence-corrected chi connectivity index (χ1v) is 10.8. The van der Waals surface area contributed by atoms with Crippen molar-refractivity contribution in [1.29, 1.82) is 0 Å². The molecule has 0 unspecified atom stereocenters. The van der Waals surface area contributed by atoms with Gasteiger partial charge in [-0.25, -0.2) is 9.97 Å². The van der Waals surface area contributed by atoms with Gasteiger partial charge in [-0.05, 0) is 44.7 Å². The summed E-state index contributed by atoms with van der Waals surface area (Å²) in [6.07, 6.45) is 3.72. The summed E-state index contributed by atoms with van der Waals surface area (Å²) in [4.78, 5) is 22.9. The van der Waals surface area contributed by atoms with Gasteiger partial charge in [0.05, 0.1) is 23.0 Å². The molecule has 0 fully saturated rings. The molecular weight excluding hydrogens is 384 g/mol. The van der Waals surface area contributed by atoms with E-state index in [2.05, 4.69) is 44.9 Å². The Balaban J connectivity index is 1.62. The average molecular weight is 413 g/mol. The van der Waals surface area contributed by atoms with Crippen LogP contribution in [0.2, 0.25) is 0 Å². The molecule has 7 heteroatoms. The number of thiophene rings is 1. The summed E-state index contributed by atoms with van der Waals surface area (Å²) < 4.78 is 5.48. The number of hydrogen-bond donors (Lipinski definition) is 2. The molecular formula is C22H28N4O2S. The number of carbonyl (C=O) groups is 1. The van der Waals surface area contributed by atoms with Crippen LogP contribution in [0.1, 0.15) is 41.1 Å². The summed E-state index contributed by atoms with van der Waals surface area (Å²) in [7, 11) is 0. The Morgan fingerprint density at radius 3 is 2.72 bits per heavy atom. The van der Waals surface area contributed by atoms with Crippen LogP contribution in [-0.4, -0.2) is 41.7 Å². The Morgan fingerprint density at radius 2 is 1.97 bits per heavy atom. The number of amides is 1. The second kappa shape index (κ2) is 10.3. The third-order valence-electron chi connectivity index (χ3n) is 4.55. The third-order valence-corrected chi connectivity index (χ3v) is 5.75. The van der Waals surface area contributed by atoms with E-state index >= 15 is 0 Å². The van der Waals surface area contributed by atoms with Crippen molar-refractivity contribution in [3.8, 4) is 0 Å². The van der Waals surface area contributed by atoms with Gasteiger partial charge in [0, 0.05) is 13.1 Å². The van der Waals surface area contributed by atoms with E-state index in [-0.39, 0.29) is 12.0 Å². The van der Waals surface area contributed by atoms with Gasteiger partial charge in [0.25, 0.3) is 5.91 Å². The maximum atomic E-state index is 12.6. The average Bonchev–Trinajstić information content (AvgIpc) is 3.06. The first-order chi connectivity index (χ1) is 14.1. The van der Waals surface area contributed by atoms with Crippen LogP contribution in [0.4, 0.5) is 5.82 Å². The van der Waals surface area contributed by atoms with Gasteiger partial charge in [-0.15, -0.1) is 11.3 Å². The number of rotatable bonds is 10. The van der Waals surface area contributed by atoms with Crippen molar-refractivity contribution in [3.63, 3.8) is 0 Å². The van der Waals surface area contributed by atoms with Gasteiger partial charge in [-0.1, -0.05) is 30.3 Å². The summed E-state index contributed by atoms with van der Waals surface area (Å²) in [5, 5.41) is 7.27. The lowest BCUT2D eigenvalue weighted by Gasteiger charge is -2.09. The first-order valence-electron chi connectivity index (χ1n) is 9.98. The van der Waals surface area contributed by atoms with Gasteiger partial charge in [0.2, 0.25) is 0 Å². The molecule has 1 amide bonds. The van der Waals surface area contributed by atoms with Crippen molar-refractivity contribution < 1.29 is 9.53 Å². The zero-order valence-electron chi connectivity index (χ0n) is 17.2. The lowest BCUT2D eigenvalue weighted by Crippen LogP contribution is -2.27. The minimum absolute atomic E-state index is 0.0899. The molecule has 2 heterocycles. The molecule has 0 bridgehead atoms. The summed E-state index contributed by atoms with van der Waals surface area (Å²) in [6.45, 7) is 7.71. The molecule has 0 aliphatic carbocycles. The molecule has 3 rings (SSSR count). The second-order valence-electron chi connectivity index (χ2n) is 7.15. The van der Waals surface area contributed by atoms with Crippen LogP contribution < -0.4 is 10.6 Å². The number of benzene rings is 1. The largest absolute Gasteiger partial charge is 0.377 e. The highest BCUT2D eigenvalue weighted by molar-refractivity contribution is 7.20. The smallest absolute Gasteiger partial charge is 0.261 e. The molecule has 0 aliphatic rings. The normalized spacial score (nSPS) is 11.2. The van der Waals surface area contributed by atoms with Gasteiger partial charge >= 0.3 is 0 Å². The van der Waals surface area contributed by atoms with Crippen molar-refractivity contribution in [2.45, 2.75) is 39.7 Å².